The third-order valence-electron chi connectivity index (χ3n) is 3.05. The Balaban J connectivity index is 1.81. The molecule has 18 heavy (non-hydrogen) atoms. The average molecular weight is 270 g/mol. The summed E-state index contributed by atoms with van der Waals surface area (Å²) in [7, 11) is -0.604. The van der Waals surface area contributed by atoms with Gasteiger partial charge < -0.3 is 9.73 Å². The van der Waals surface area contributed by atoms with Crippen LogP contribution in [0.25, 0.3) is 0 Å². The zero-order valence-electron chi connectivity index (χ0n) is 11.1. The third kappa shape index (κ3) is 4.23. The van der Waals surface area contributed by atoms with Gasteiger partial charge in [-0.1, -0.05) is 13.8 Å². The minimum atomic E-state index is -0.604. The standard InChI is InChI=1S/C13H22N2O2S/c1-11(2)14-9-12-3-4-13(17-12)10-15-5-7-18(16)8-6-15/h3-4,11,14H,5-10H2,1-2H3. The maximum Gasteiger partial charge on any atom is 0.118 e. The largest absolute Gasteiger partial charge is 0.463 e. The molecule has 0 radical (unpaired) electrons. The summed E-state index contributed by atoms with van der Waals surface area (Å²) in [4.78, 5) is 2.31. The van der Waals surface area contributed by atoms with Crippen LogP contribution >= 0.6 is 0 Å². The summed E-state index contributed by atoms with van der Waals surface area (Å²) in [5.41, 5.74) is 0. The van der Waals surface area contributed by atoms with E-state index in [4.69, 9.17) is 4.42 Å². The van der Waals surface area contributed by atoms with E-state index in [0.717, 1.165) is 49.2 Å². The Hall–Kier alpha value is -0.650. The lowest BCUT2D eigenvalue weighted by Gasteiger charge is -2.24. The molecule has 1 aliphatic heterocycles. The van der Waals surface area contributed by atoms with Gasteiger partial charge in [0, 0.05) is 41.4 Å². The fraction of sp³-hybridized carbons (Fsp3) is 0.692. The lowest BCUT2D eigenvalue weighted by molar-refractivity contribution is 0.261. The SMILES string of the molecule is CC(C)NCc1ccc(CN2CCS(=O)CC2)o1. The second-order valence-electron chi connectivity index (χ2n) is 5.03. The van der Waals surface area contributed by atoms with E-state index in [-0.39, 0.29) is 0 Å². The van der Waals surface area contributed by atoms with Gasteiger partial charge in [-0.15, -0.1) is 0 Å². The van der Waals surface area contributed by atoms with Gasteiger partial charge in [-0.3, -0.25) is 9.11 Å². The summed E-state index contributed by atoms with van der Waals surface area (Å²) in [5.74, 6) is 3.58. The molecule has 1 aromatic heterocycles. The van der Waals surface area contributed by atoms with Gasteiger partial charge >= 0.3 is 0 Å². The van der Waals surface area contributed by atoms with Crippen LogP contribution in [-0.4, -0.2) is 39.7 Å². The highest BCUT2D eigenvalue weighted by Crippen LogP contribution is 2.12. The van der Waals surface area contributed by atoms with Crippen LogP contribution in [-0.2, 0) is 23.9 Å². The fourth-order valence-corrected chi connectivity index (χ4v) is 3.09. The van der Waals surface area contributed by atoms with E-state index < -0.39 is 10.8 Å². The highest BCUT2D eigenvalue weighted by atomic mass is 32.2. The van der Waals surface area contributed by atoms with Gasteiger partial charge in [0.25, 0.3) is 0 Å². The minimum Gasteiger partial charge on any atom is -0.463 e. The molecule has 0 unspecified atom stereocenters. The Morgan fingerprint density at radius 1 is 1.33 bits per heavy atom. The number of nitrogens with one attached hydrogen (secondary N) is 1. The average Bonchev–Trinajstić information content (AvgIpc) is 2.77. The van der Waals surface area contributed by atoms with E-state index in [1.165, 1.54) is 0 Å². The van der Waals surface area contributed by atoms with Crippen molar-refractivity contribution in [3.63, 3.8) is 0 Å². The minimum absolute atomic E-state index is 0.468. The first-order valence-corrected chi connectivity index (χ1v) is 8.00. The predicted molar refractivity (Wildman–Crippen MR) is 73.8 cm³/mol. The van der Waals surface area contributed by atoms with Crippen molar-refractivity contribution < 1.29 is 8.63 Å². The second-order valence-corrected chi connectivity index (χ2v) is 6.72. The monoisotopic (exact) mass is 270 g/mol. The summed E-state index contributed by atoms with van der Waals surface area (Å²) >= 11 is 0. The number of rotatable bonds is 5. The normalized spacial score (nSPS) is 18.6. The van der Waals surface area contributed by atoms with Crippen molar-refractivity contribution >= 4 is 10.8 Å². The van der Waals surface area contributed by atoms with Crippen molar-refractivity contribution in [2.24, 2.45) is 0 Å². The molecule has 1 fully saturated rings. The quantitative estimate of drug-likeness (QED) is 0.877. The first-order chi connectivity index (χ1) is 8.63. The Labute approximate surface area is 111 Å². The molecule has 2 heterocycles. The van der Waals surface area contributed by atoms with E-state index in [2.05, 4.69) is 24.1 Å². The van der Waals surface area contributed by atoms with Gasteiger partial charge in [-0.2, -0.15) is 0 Å². The van der Waals surface area contributed by atoms with Gasteiger partial charge in [0.05, 0.1) is 13.1 Å². The molecule has 102 valence electrons. The predicted octanol–water partition coefficient (Wildman–Crippen LogP) is 1.34. The van der Waals surface area contributed by atoms with Crippen molar-refractivity contribution in [1.29, 1.82) is 0 Å². The third-order valence-corrected chi connectivity index (χ3v) is 4.33. The van der Waals surface area contributed by atoms with Gasteiger partial charge in [0.2, 0.25) is 0 Å². The molecule has 0 atom stereocenters. The Bertz CT molecular complexity index is 393. The summed E-state index contributed by atoms with van der Waals surface area (Å²) in [6.45, 7) is 7.68. The second kappa shape index (κ2) is 6.50. The molecule has 1 aromatic rings. The molecule has 0 bridgehead atoms. The van der Waals surface area contributed by atoms with Crippen LogP contribution < -0.4 is 5.32 Å². The molecule has 1 saturated heterocycles. The van der Waals surface area contributed by atoms with E-state index in [9.17, 15) is 4.21 Å². The zero-order chi connectivity index (χ0) is 13.0. The fourth-order valence-electron chi connectivity index (χ4n) is 1.96. The van der Waals surface area contributed by atoms with Crippen molar-refractivity contribution in [2.75, 3.05) is 24.6 Å². The lowest BCUT2D eigenvalue weighted by atomic mass is 10.3. The Morgan fingerprint density at radius 2 is 2.00 bits per heavy atom. The number of hydrogen-bond acceptors (Lipinski definition) is 4. The van der Waals surface area contributed by atoms with Crippen LogP contribution in [0.3, 0.4) is 0 Å². The molecular formula is C13H22N2O2S. The van der Waals surface area contributed by atoms with Gasteiger partial charge in [-0.25, -0.2) is 0 Å². The van der Waals surface area contributed by atoms with Crippen molar-refractivity contribution in [1.82, 2.24) is 10.2 Å². The van der Waals surface area contributed by atoms with Crippen LogP contribution in [0.4, 0.5) is 0 Å². The highest BCUT2D eigenvalue weighted by molar-refractivity contribution is 7.85. The van der Waals surface area contributed by atoms with Crippen LogP contribution in [0.5, 0.6) is 0 Å². The molecule has 0 saturated carbocycles. The molecule has 4 nitrogen and oxygen atoms in total. The summed E-state index contributed by atoms with van der Waals surface area (Å²) in [6, 6.07) is 4.55. The molecule has 0 aliphatic carbocycles. The van der Waals surface area contributed by atoms with Crippen LogP contribution in [0.2, 0.25) is 0 Å². The summed E-state index contributed by atoms with van der Waals surface area (Å²) in [6.07, 6.45) is 0. The molecule has 1 aliphatic rings. The van der Waals surface area contributed by atoms with Gasteiger partial charge in [0.15, 0.2) is 0 Å². The summed E-state index contributed by atoms with van der Waals surface area (Å²) < 4.78 is 17.1. The first kappa shape index (κ1) is 13.8. The maximum atomic E-state index is 11.3. The van der Waals surface area contributed by atoms with Crippen LogP contribution in [0.15, 0.2) is 16.5 Å². The van der Waals surface area contributed by atoms with Crippen molar-refractivity contribution in [2.45, 2.75) is 33.0 Å². The topological polar surface area (TPSA) is 45.5 Å². The van der Waals surface area contributed by atoms with Gasteiger partial charge in [0.1, 0.15) is 11.5 Å². The number of furan rings is 1. The van der Waals surface area contributed by atoms with E-state index in [0.29, 0.717) is 6.04 Å². The van der Waals surface area contributed by atoms with Crippen molar-refractivity contribution in [3.05, 3.63) is 23.7 Å². The molecular weight excluding hydrogens is 248 g/mol. The lowest BCUT2D eigenvalue weighted by Crippen LogP contribution is -2.37. The maximum absolute atomic E-state index is 11.3. The molecule has 5 heteroatoms. The summed E-state index contributed by atoms with van der Waals surface area (Å²) in [5, 5.41) is 3.34. The molecule has 0 aromatic carbocycles. The molecule has 2 rings (SSSR count). The van der Waals surface area contributed by atoms with E-state index in [1.54, 1.807) is 0 Å². The number of hydrogen-bond donors (Lipinski definition) is 1. The Kier molecular flexibility index (Phi) is 4.97. The van der Waals surface area contributed by atoms with Gasteiger partial charge in [-0.05, 0) is 12.1 Å². The molecule has 1 N–H and O–H groups in total. The molecule has 0 spiro atoms. The van der Waals surface area contributed by atoms with E-state index in [1.807, 2.05) is 12.1 Å². The zero-order valence-corrected chi connectivity index (χ0v) is 12.0. The van der Waals surface area contributed by atoms with Crippen LogP contribution in [0.1, 0.15) is 25.4 Å². The van der Waals surface area contributed by atoms with E-state index >= 15 is 0 Å². The molecule has 0 amide bonds. The van der Waals surface area contributed by atoms with Crippen LogP contribution in [0, 0.1) is 0 Å². The smallest absolute Gasteiger partial charge is 0.118 e. The highest BCUT2D eigenvalue weighted by Gasteiger charge is 2.16. The number of nitrogens with zero attached hydrogens (tertiary/aromatic N) is 1. The Morgan fingerprint density at radius 3 is 2.67 bits per heavy atom. The first-order valence-electron chi connectivity index (χ1n) is 6.52. The van der Waals surface area contributed by atoms with Crippen molar-refractivity contribution in [3.8, 4) is 0 Å².